The molecule has 36 heavy (non-hydrogen) atoms. The molecule has 0 radical (unpaired) electrons. The van der Waals surface area contributed by atoms with Gasteiger partial charge in [-0.1, -0.05) is 25.1 Å². The highest BCUT2D eigenvalue weighted by Crippen LogP contribution is 2.41. The number of hydrogen-bond acceptors (Lipinski definition) is 6. The fourth-order valence-corrected chi connectivity index (χ4v) is 6.19. The first-order valence-corrected chi connectivity index (χ1v) is 13.5. The second-order valence-corrected chi connectivity index (χ2v) is 11.1. The van der Waals surface area contributed by atoms with E-state index in [0.717, 1.165) is 47.8 Å². The Hall–Kier alpha value is -3.21. The van der Waals surface area contributed by atoms with Gasteiger partial charge in [-0.15, -0.1) is 11.3 Å². The number of hydrogen-bond donors (Lipinski definition) is 1. The van der Waals surface area contributed by atoms with E-state index in [4.69, 9.17) is 4.74 Å². The van der Waals surface area contributed by atoms with Crippen molar-refractivity contribution in [3.63, 3.8) is 0 Å². The molecule has 7 heteroatoms. The van der Waals surface area contributed by atoms with Crippen LogP contribution in [0.15, 0.2) is 42.6 Å². The Balaban J connectivity index is 1.32. The molecule has 186 valence electrons. The maximum absolute atomic E-state index is 12.6. The molecule has 1 amide bonds. The van der Waals surface area contributed by atoms with Gasteiger partial charge in [-0.2, -0.15) is 5.26 Å². The predicted molar refractivity (Wildman–Crippen MR) is 143 cm³/mol. The van der Waals surface area contributed by atoms with Crippen LogP contribution in [0, 0.1) is 17.2 Å². The van der Waals surface area contributed by atoms with Crippen molar-refractivity contribution in [3.05, 3.63) is 59.3 Å². The maximum Gasteiger partial charge on any atom is 0.236 e. The number of nitrogens with zero attached hydrogens (tertiary/aromatic N) is 3. The van der Waals surface area contributed by atoms with Crippen molar-refractivity contribution in [1.29, 1.82) is 5.26 Å². The topological polar surface area (TPSA) is 78.2 Å². The van der Waals surface area contributed by atoms with Gasteiger partial charge in [0.1, 0.15) is 16.8 Å². The molecular formula is C29H32N4O2S. The molecule has 1 saturated heterocycles. The molecule has 1 aliphatic carbocycles. The quantitative estimate of drug-likeness (QED) is 0.458. The zero-order chi connectivity index (χ0) is 25.2. The van der Waals surface area contributed by atoms with Gasteiger partial charge in [-0.05, 0) is 73.9 Å². The van der Waals surface area contributed by atoms with Crippen LogP contribution in [0.2, 0.25) is 0 Å². The number of nitriles is 1. The lowest BCUT2D eigenvalue weighted by Crippen LogP contribution is -2.37. The number of carbonyl (C=O) groups is 1. The first-order valence-electron chi connectivity index (χ1n) is 12.7. The fraction of sp³-hybridized carbons (Fsp3) is 0.414. The number of amides is 1. The minimum Gasteiger partial charge on any atom is -0.490 e. The molecule has 2 heterocycles. The van der Waals surface area contributed by atoms with Gasteiger partial charge in [0, 0.05) is 30.9 Å². The Bertz CT molecular complexity index is 1310. The van der Waals surface area contributed by atoms with Crippen LogP contribution < -0.4 is 10.1 Å². The Morgan fingerprint density at radius 2 is 2.17 bits per heavy atom. The van der Waals surface area contributed by atoms with Crippen molar-refractivity contribution >= 4 is 17.2 Å². The number of likely N-dealkylation sites (tertiary alicyclic amines) is 1. The van der Waals surface area contributed by atoms with Gasteiger partial charge in [-0.3, -0.25) is 4.79 Å². The summed E-state index contributed by atoms with van der Waals surface area (Å²) < 4.78 is 5.76. The van der Waals surface area contributed by atoms with E-state index in [1.807, 2.05) is 43.1 Å². The van der Waals surface area contributed by atoms with E-state index in [2.05, 4.69) is 41.5 Å². The first kappa shape index (κ1) is 24.5. The predicted octanol–water partition coefficient (Wildman–Crippen LogP) is 5.58. The smallest absolute Gasteiger partial charge is 0.236 e. The number of aromatic nitrogens is 1. The van der Waals surface area contributed by atoms with Crippen LogP contribution >= 0.6 is 11.3 Å². The molecule has 0 spiro atoms. The molecule has 0 bridgehead atoms. The molecule has 5 rings (SSSR count). The Morgan fingerprint density at radius 1 is 1.31 bits per heavy atom. The second kappa shape index (κ2) is 10.4. The standard InChI is InChI=1S/C29H32N4O2S/c1-18(2)35-26-10-7-20(13-21(26)14-30)29-32-15-27(36-29)24-6-4-5-23-22(24)8-9-25(23)31-16-28(34)33-12-11-19(3)17-33/h4-7,10,13,15,18-19,25,31H,8-9,11-12,16-17H2,1-3H3/t19-,25-/m1/s1. The zero-order valence-electron chi connectivity index (χ0n) is 21.1. The maximum atomic E-state index is 12.6. The van der Waals surface area contributed by atoms with Gasteiger partial charge in [0.15, 0.2) is 0 Å². The van der Waals surface area contributed by atoms with E-state index >= 15 is 0 Å². The lowest BCUT2D eigenvalue weighted by Gasteiger charge is -2.19. The van der Waals surface area contributed by atoms with E-state index in [1.165, 1.54) is 16.7 Å². The lowest BCUT2D eigenvalue weighted by molar-refractivity contribution is -0.129. The van der Waals surface area contributed by atoms with E-state index < -0.39 is 0 Å². The molecule has 2 aliphatic rings. The van der Waals surface area contributed by atoms with Crippen molar-refractivity contribution < 1.29 is 9.53 Å². The summed E-state index contributed by atoms with van der Waals surface area (Å²) >= 11 is 1.64. The van der Waals surface area contributed by atoms with Gasteiger partial charge in [0.05, 0.1) is 23.1 Å². The highest BCUT2D eigenvalue weighted by molar-refractivity contribution is 7.18. The summed E-state index contributed by atoms with van der Waals surface area (Å²) in [5, 5.41) is 14.0. The summed E-state index contributed by atoms with van der Waals surface area (Å²) in [5.74, 6) is 1.41. The van der Waals surface area contributed by atoms with Crippen LogP contribution in [0.25, 0.3) is 21.0 Å². The van der Waals surface area contributed by atoms with Crippen molar-refractivity contribution in [2.45, 2.75) is 52.2 Å². The third-order valence-corrected chi connectivity index (χ3v) is 8.11. The summed E-state index contributed by atoms with van der Waals surface area (Å²) in [6, 6.07) is 14.6. The molecule has 1 fully saturated rings. The molecule has 1 N–H and O–H groups in total. The molecule has 6 nitrogen and oxygen atoms in total. The number of rotatable bonds is 7. The zero-order valence-corrected chi connectivity index (χ0v) is 21.9. The minimum absolute atomic E-state index is 0.00921. The average Bonchev–Trinajstić information content (AvgIpc) is 3.62. The fourth-order valence-electron chi connectivity index (χ4n) is 5.22. The Kier molecular flexibility index (Phi) is 7.08. The number of carbonyl (C=O) groups excluding carboxylic acids is 1. The highest BCUT2D eigenvalue weighted by Gasteiger charge is 2.28. The van der Waals surface area contributed by atoms with Crippen molar-refractivity contribution in [2.75, 3.05) is 19.6 Å². The SMILES string of the molecule is CC(C)Oc1ccc(-c2ncc(-c3cccc4c3CC[C@H]4NCC(=O)N3CC[C@@H](C)C3)s2)cc1C#N. The van der Waals surface area contributed by atoms with E-state index in [0.29, 0.717) is 23.8 Å². The first-order chi connectivity index (χ1) is 17.4. The van der Waals surface area contributed by atoms with Crippen molar-refractivity contribution in [3.8, 4) is 32.8 Å². The summed E-state index contributed by atoms with van der Waals surface area (Å²) in [7, 11) is 0. The Labute approximate surface area is 216 Å². The van der Waals surface area contributed by atoms with Gasteiger partial charge < -0.3 is 15.0 Å². The molecule has 0 unspecified atom stereocenters. The minimum atomic E-state index is 0.00921. The summed E-state index contributed by atoms with van der Waals surface area (Å²) in [5.41, 5.74) is 5.27. The van der Waals surface area contributed by atoms with Gasteiger partial charge >= 0.3 is 0 Å². The molecule has 0 saturated carbocycles. The highest BCUT2D eigenvalue weighted by atomic mass is 32.1. The largest absolute Gasteiger partial charge is 0.490 e. The monoisotopic (exact) mass is 500 g/mol. The summed E-state index contributed by atoms with van der Waals surface area (Å²) in [4.78, 5) is 20.4. The number of fused-ring (bicyclic) bond motifs is 1. The van der Waals surface area contributed by atoms with E-state index in [9.17, 15) is 10.1 Å². The molecule has 1 aliphatic heterocycles. The lowest BCUT2D eigenvalue weighted by atomic mass is 10.0. The summed E-state index contributed by atoms with van der Waals surface area (Å²) in [6.45, 7) is 8.26. The third kappa shape index (κ3) is 5.02. The van der Waals surface area contributed by atoms with E-state index in [1.54, 1.807) is 11.3 Å². The number of ether oxygens (including phenoxy) is 1. The summed E-state index contributed by atoms with van der Waals surface area (Å²) in [6.07, 6.45) is 5.01. The third-order valence-electron chi connectivity index (χ3n) is 7.03. The molecule has 1 aromatic heterocycles. The molecule has 2 aromatic carbocycles. The molecule has 3 aromatic rings. The number of thiazole rings is 1. The van der Waals surface area contributed by atoms with Crippen LogP contribution in [0.4, 0.5) is 0 Å². The molecule has 2 atom stereocenters. The van der Waals surface area contributed by atoms with Crippen molar-refractivity contribution in [2.24, 2.45) is 5.92 Å². The Morgan fingerprint density at radius 3 is 2.92 bits per heavy atom. The van der Waals surface area contributed by atoms with E-state index in [-0.39, 0.29) is 18.1 Å². The van der Waals surface area contributed by atoms with Gasteiger partial charge in [0.25, 0.3) is 0 Å². The average molecular weight is 501 g/mol. The van der Waals surface area contributed by atoms with Crippen LogP contribution in [0.1, 0.15) is 56.3 Å². The number of nitrogens with one attached hydrogen (secondary N) is 1. The van der Waals surface area contributed by atoms with Crippen LogP contribution in [0.3, 0.4) is 0 Å². The van der Waals surface area contributed by atoms with Crippen LogP contribution in [-0.4, -0.2) is 41.5 Å². The van der Waals surface area contributed by atoms with Crippen LogP contribution in [0.5, 0.6) is 5.75 Å². The van der Waals surface area contributed by atoms with Gasteiger partial charge in [-0.25, -0.2) is 4.98 Å². The van der Waals surface area contributed by atoms with Crippen LogP contribution in [-0.2, 0) is 11.2 Å². The van der Waals surface area contributed by atoms with Crippen molar-refractivity contribution in [1.82, 2.24) is 15.2 Å². The second-order valence-electron chi connectivity index (χ2n) is 10.1. The normalized spacial score (nSPS) is 18.9. The van der Waals surface area contributed by atoms with Gasteiger partial charge in [0.2, 0.25) is 5.91 Å². The number of benzene rings is 2. The molecular weight excluding hydrogens is 468 g/mol.